The van der Waals surface area contributed by atoms with E-state index < -0.39 is 42.9 Å². The third kappa shape index (κ3) is 5.59. The standard InChI is InChI=1S/C18H31N5O6/c1-10-8-23(17-15(27)14(26)13(9-24)29-17)18(28)22-16(10)21-11(7-20)12(25)5-3-2-4-6-19/h8,11,13-15,17,24,26-27H,2-7,9,19-20H2,1H3,(H,21,22,28)/t11?,13-,14-,15-,17-/m1/s1. The molecule has 8 N–H and O–H groups in total. The van der Waals surface area contributed by atoms with Crippen molar-refractivity contribution >= 4 is 11.6 Å². The lowest BCUT2D eigenvalue weighted by atomic mass is 10.1. The Morgan fingerprint density at radius 1 is 1.31 bits per heavy atom. The molecule has 0 amide bonds. The van der Waals surface area contributed by atoms with Crippen molar-refractivity contribution in [3.63, 3.8) is 0 Å². The molecule has 1 aromatic heterocycles. The third-order valence-corrected chi connectivity index (χ3v) is 4.99. The van der Waals surface area contributed by atoms with Crippen LogP contribution in [-0.4, -0.2) is 74.7 Å². The fraction of sp³-hybridized carbons (Fsp3) is 0.722. The minimum Gasteiger partial charge on any atom is -0.394 e. The first-order valence-electron chi connectivity index (χ1n) is 9.75. The number of aryl methyl sites for hydroxylation is 1. The summed E-state index contributed by atoms with van der Waals surface area (Å²) in [4.78, 5) is 28.8. The normalized spacial score (nSPS) is 25.2. The Bertz CT molecular complexity index is 742. The predicted molar refractivity (Wildman–Crippen MR) is 105 cm³/mol. The maximum Gasteiger partial charge on any atom is 0.351 e. The van der Waals surface area contributed by atoms with Gasteiger partial charge in [-0.15, -0.1) is 0 Å². The number of nitrogens with zero attached hydrogens (tertiary/aromatic N) is 2. The number of carbonyl (C=O) groups is 1. The van der Waals surface area contributed by atoms with Crippen molar-refractivity contribution in [1.29, 1.82) is 0 Å². The largest absolute Gasteiger partial charge is 0.394 e. The number of hydrogen-bond donors (Lipinski definition) is 6. The summed E-state index contributed by atoms with van der Waals surface area (Å²) in [5.41, 5.74) is 10.9. The first-order valence-corrected chi connectivity index (χ1v) is 9.75. The van der Waals surface area contributed by atoms with Gasteiger partial charge in [0.05, 0.1) is 12.6 Å². The summed E-state index contributed by atoms with van der Waals surface area (Å²) in [6, 6.07) is -0.678. The van der Waals surface area contributed by atoms with Crippen LogP contribution in [0.25, 0.3) is 0 Å². The highest BCUT2D eigenvalue weighted by Crippen LogP contribution is 2.28. The van der Waals surface area contributed by atoms with Crippen molar-refractivity contribution in [1.82, 2.24) is 9.55 Å². The van der Waals surface area contributed by atoms with Crippen LogP contribution in [0.5, 0.6) is 0 Å². The topological polar surface area (TPSA) is 186 Å². The van der Waals surface area contributed by atoms with E-state index in [1.54, 1.807) is 6.92 Å². The smallest absolute Gasteiger partial charge is 0.351 e. The van der Waals surface area contributed by atoms with Crippen LogP contribution in [0.1, 0.15) is 37.5 Å². The number of aliphatic hydroxyl groups is 3. The summed E-state index contributed by atoms with van der Waals surface area (Å²) in [5.74, 6) is 0.141. The predicted octanol–water partition coefficient (Wildman–Crippen LogP) is -2.01. The fourth-order valence-electron chi connectivity index (χ4n) is 3.24. The second-order valence-corrected chi connectivity index (χ2v) is 7.19. The van der Waals surface area contributed by atoms with Gasteiger partial charge in [-0.1, -0.05) is 6.42 Å². The van der Waals surface area contributed by atoms with Gasteiger partial charge in [-0.3, -0.25) is 9.36 Å². The van der Waals surface area contributed by atoms with Crippen LogP contribution < -0.4 is 22.5 Å². The van der Waals surface area contributed by atoms with E-state index in [-0.39, 0.29) is 18.1 Å². The van der Waals surface area contributed by atoms with Gasteiger partial charge in [0.2, 0.25) is 0 Å². The molecule has 5 atom stereocenters. The van der Waals surface area contributed by atoms with Gasteiger partial charge < -0.3 is 36.8 Å². The Balaban J connectivity index is 2.12. The van der Waals surface area contributed by atoms with Crippen LogP contribution in [0.15, 0.2) is 11.0 Å². The highest BCUT2D eigenvalue weighted by atomic mass is 16.6. The van der Waals surface area contributed by atoms with E-state index >= 15 is 0 Å². The molecule has 1 aliphatic heterocycles. The van der Waals surface area contributed by atoms with Gasteiger partial charge in [-0.25, -0.2) is 4.79 Å². The van der Waals surface area contributed by atoms with Crippen molar-refractivity contribution in [2.75, 3.05) is 25.0 Å². The van der Waals surface area contributed by atoms with Crippen molar-refractivity contribution < 1.29 is 24.9 Å². The van der Waals surface area contributed by atoms with E-state index in [1.807, 2.05) is 0 Å². The first-order chi connectivity index (χ1) is 13.8. The number of aliphatic hydroxyl groups excluding tert-OH is 3. The molecule has 29 heavy (non-hydrogen) atoms. The van der Waals surface area contributed by atoms with Crippen LogP contribution in [0.4, 0.5) is 5.82 Å². The number of ketones is 1. The molecule has 164 valence electrons. The number of nitrogens with one attached hydrogen (secondary N) is 1. The van der Waals surface area contributed by atoms with Gasteiger partial charge in [0.1, 0.15) is 24.1 Å². The average molecular weight is 413 g/mol. The zero-order valence-corrected chi connectivity index (χ0v) is 16.5. The Hall–Kier alpha value is -1.89. The summed E-state index contributed by atoms with van der Waals surface area (Å²) in [7, 11) is 0. The van der Waals surface area contributed by atoms with Gasteiger partial charge in [-0.05, 0) is 26.3 Å². The second-order valence-electron chi connectivity index (χ2n) is 7.19. The molecule has 1 aliphatic rings. The number of anilines is 1. The highest BCUT2D eigenvalue weighted by Gasteiger charge is 2.43. The summed E-state index contributed by atoms with van der Waals surface area (Å²) in [6.07, 6.45) is -0.697. The molecular formula is C18H31N5O6. The number of hydrogen-bond acceptors (Lipinski definition) is 10. The number of ether oxygens (including phenoxy) is 1. The van der Waals surface area contributed by atoms with Gasteiger partial charge in [0.25, 0.3) is 0 Å². The van der Waals surface area contributed by atoms with Crippen LogP contribution >= 0.6 is 0 Å². The molecule has 0 radical (unpaired) electrons. The number of Topliss-reactive ketones (excluding diaryl/α,β-unsaturated/α-hetero) is 1. The van der Waals surface area contributed by atoms with Crippen LogP contribution in [-0.2, 0) is 9.53 Å². The molecule has 1 aromatic rings. The summed E-state index contributed by atoms with van der Waals surface area (Å²) < 4.78 is 6.42. The minimum absolute atomic E-state index is 0.0503. The van der Waals surface area contributed by atoms with E-state index in [0.717, 1.165) is 17.4 Å². The molecule has 11 heteroatoms. The van der Waals surface area contributed by atoms with E-state index in [0.29, 0.717) is 24.9 Å². The third-order valence-electron chi connectivity index (χ3n) is 4.99. The maximum absolute atomic E-state index is 12.5. The number of nitrogens with two attached hydrogens (primary N) is 2. The van der Waals surface area contributed by atoms with E-state index in [1.165, 1.54) is 6.20 Å². The van der Waals surface area contributed by atoms with Gasteiger partial charge in [-0.2, -0.15) is 4.98 Å². The van der Waals surface area contributed by atoms with Gasteiger partial charge in [0.15, 0.2) is 12.0 Å². The van der Waals surface area contributed by atoms with Crippen molar-refractivity contribution in [2.45, 2.75) is 63.2 Å². The number of carbonyl (C=O) groups excluding carboxylic acids is 1. The lowest BCUT2D eigenvalue weighted by molar-refractivity contribution is -0.119. The minimum atomic E-state index is -1.39. The molecule has 0 saturated carbocycles. The SMILES string of the molecule is Cc1cn([C@@H]2O[C@H](CO)[C@@H](O)[C@H]2O)c(=O)nc1NC(CN)C(=O)CCCCCN. The number of aromatic nitrogens is 2. The van der Waals surface area contributed by atoms with Crippen LogP contribution in [0, 0.1) is 6.92 Å². The first kappa shape index (κ1) is 23.4. The van der Waals surface area contributed by atoms with Crippen molar-refractivity contribution in [2.24, 2.45) is 11.5 Å². The molecule has 1 saturated heterocycles. The number of rotatable bonds is 11. The molecule has 1 unspecified atom stereocenters. The molecular weight excluding hydrogens is 382 g/mol. The molecule has 1 fully saturated rings. The second kappa shape index (κ2) is 10.8. The molecule has 11 nitrogen and oxygen atoms in total. The molecule has 2 rings (SSSR count). The molecule has 0 aromatic carbocycles. The van der Waals surface area contributed by atoms with E-state index in [4.69, 9.17) is 16.2 Å². The highest BCUT2D eigenvalue weighted by molar-refractivity contribution is 5.86. The quantitative estimate of drug-likeness (QED) is 0.221. The van der Waals surface area contributed by atoms with E-state index in [2.05, 4.69) is 10.3 Å². The lowest BCUT2D eigenvalue weighted by Gasteiger charge is -2.21. The average Bonchev–Trinajstić information content (AvgIpc) is 2.99. The number of unbranched alkanes of at least 4 members (excludes halogenated alkanes) is 2. The Kier molecular flexibility index (Phi) is 8.68. The van der Waals surface area contributed by atoms with Gasteiger partial charge in [0, 0.05) is 24.7 Å². The molecule has 2 heterocycles. The summed E-state index contributed by atoms with van der Waals surface area (Å²) in [5, 5.41) is 32.1. The zero-order chi connectivity index (χ0) is 21.6. The Labute approximate surface area is 168 Å². The molecule has 0 bridgehead atoms. The van der Waals surface area contributed by atoms with Crippen molar-refractivity contribution in [3.8, 4) is 0 Å². The van der Waals surface area contributed by atoms with Crippen molar-refractivity contribution in [3.05, 3.63) is 22.2 Å². The fourth-order valence-corrected chi connectivity index (χ4v) is 3.24. The monoisotopic (exact) mass is 413 g/mol. The van der Waals surface area contributed by atoms with Gasteiger partial charge >= 0.3 is 5.69 Å². The molecule has 0 spiro atoms. The zero-order valence-electron chi connectivity index (χ0n) is 16.5. The Morgan fingerprint density at radius 3 is 2.62 bits per heavy atom. The maximum atomic E-state index is 12.5. The summed E-state index contributed by atoms with van der Waals surface area (Å²) in [6.45, 7) is 1.81. The lowest BCUT2D eigenvalue weighted by Crippen LogP contribution is -2.39. The Morgan fingerprint density at radius 2 is 2.03 bits per heavy atom. The van der Waals surface area contributed by atoms with Crippen LogP contribution in [0.3, 0.4) is 0 Å². The van der Waals surface area contributed by atoms with E-state index in [9.17, 15) is 24.9 Å². The van der Waals surface area contributed by atoms with Crippen LogP contribution in [0.2, 0.25) is 0 Å². The summed E-state index contributed by atoms with van der Waals surface area (Å²) >= 11 is 0. The molecule has 0 aliphatic carbocycles.